The maximum Gasteiger partial charge on any atom is 0.271 e. The highest BCUT2D eigenvalue weighted by atomic mass is 35.5. The summed E-state index contributed by atoms with van der Waals surface area (Å²) in [6.07, 6.45) is 2.98. The van der Waals surface area contributed by atoms with Crippen molar-refractivity contribution in [2.24, 2.45) is 5.10 Å². The first-order valence-corrected chi connectivity index (χ1v) is 12.2. The normalized spacial score (nSPS) is 17.7. The quantitative estimate of drug-likeness (QED) is 0.715. The Bertz CT molecular complexity index is 1160. The van der Waals surface area contributed by atoms with E-state index < -0.39 is 15.9 Å². The second-order valence-corrected chi connectivity index (χ2v) is 9.99. The summed E-state index contributed by atoms with van der Waals surface area (Å²) in [5.41, 5.74) is 0.907. The molecule has 0 unspecified atom stereocenters. The summed E-state index contributed by atoms with van der Waals surface area (Å²) in [5, 5.41) is 8.30. The Morgan fingerprint density at radius 3 is 2.44 bits per heavy atom. The zero-order valence-electron chi connectivity index (χ0n) is 17.3. The first-order valence-electron chi connectivity index (χ1n) is 10.4. The van der Waals surface area contributed by atoms with Crippen LogP contribution in [0.3, 0.4) is 0 Å². The Balaban J connectivity index is 1.57. The van der Waals surface area contributed by atoms with E-state index in [1.54, 1.807) is 24.3 Å². The molecular formula is C22H23ClN4O4S. The van der Waals surface area contributed by atoms with Crippen molar-refractivity contribution in [3.63, 3.8) is 0 Å². The zero-order valence-corrected chi connectivity index (χ0v) is 18.9. The number of carbonyl (C=O) groups is 2. The SMILES string of the molecule is O=C(Nc1cc(S(=O)(=O)N2CCCCC2)ccc1Cl)C1=NN(c2ccccc2)C(=O)CC1. The number of nitrogens with zero attached hydrogens (tertiary/aromatic N) is 3. The number of piperidine rings is 1. The van der Waals surface area contributed by atoms with Crippen molar-refractivity contribution in [2.45, 2.75) is 37.0 Å². The Kier molecular flexibility index (Phi) is 6.59. The second kappa shape index (κ2) is 9.40. The number of hydrazone groups is 1. The fourth-order valence-corrected chi connectivity index (χ4v) is 5.41. The molecule has 2 aromatic rings. The molecule has 0 bridgehead atoms. The smallest absolute Gasteiger partial charge is 0.271 e. The van der Waals surface area contributed by atoms with Gasteiger partial charge in [0.15, 0.2) is 0 Å². The van der Waals surface area contributed by atoms with Crippen LogP contribution in [0.1, 0.15) is 32.1 Å². The third-order valence-corrected chi connectivity index (χ3v) is 7.66. The number of rotatable bonds is 5. The number of carbonyl (C=O) groups excluding carboxylic acids is 2. The van der Waals surface area contributed by atoms with Gasteiger partial charge in [-0.25, -0.2) is 13.4 Å². The molecule has 0 spiro atoms. The van der Waals surface area contributed by atoms with Gasteiger partial charge in [0.25, 0.3) is 5.91 Å². The molecule has 2 aliphatic rings. The minimum atomic E-state index is -3.67. The van der Waals surface area contributed by atoms with Crippen molar-refractivity contribution in [3.8, 4) is 0 Å². The van der Waals surface area contributed by atoms with Crippen LogP contribution in [0.15, 0.2) is 58.5 Å². The molecule has 1 saturated heterocycles. The largest absolute Gasteiger partial charge is 0.319 e. The second-order valence-electron chi connectivity index (χ2n) is 7.65. The fraction of sp³-hybridized carbons (Fsp3) is 0.318. The average Bonchev–Trinajstić information content (AvgIpc) is 2.81. The summed E-state index contributed by atoms with van der Waals surface area (Å²) in [7, 11) is -3.67. The number of amides is 2. The fourth-order valence-electron chi connectivity index (χ4n) is 3.70. The van der Waals surface area contributed by atoms with Gasteiger partial charge in [0.05, 0.1) is 21.3 Å². The van der Waals surface area contributed by atoms with Crippen LogP contribution in [0.5, 0.6) is 0 Å². The first kappa shape index (κ1) is 22.4. The number of hydrogen-bond donors (Lipinski definition) is 1. The Hall–Kier alpha value is -2.75. The summed E-state index contributed by atoms with van der Waals surface area (Å²) in [6, 6.07) is 13.1. The van der Waals surface area contributed by atoms with Crippen LogP contribution in [0, 0.1) is 0 Å². The number of para-hydroxylation sites is 1. The van der Waals surface area contributed by atoms with E-state index >= 15 is 0 Å². The number of nitrogens with one attached hydrogen (secondary N) is 1. The van der Waals surface area contributed by atoms with E-state index in [-0.39, 0.29) is 40.1 Å². The van der Waals surface area contributed by atoms with Gasteiger partial charge in [-0.3, -0.25) is 9.59 Å². The Morgan fingerprint density at radius 1 is 1.00 bits per heavy atom. The van der Waals surface area contributed by atoms with Gasteiger partial charge in [0.1, 0.15) is 5.71 Å². The number of anilines is 2. The molecular weight excluding hydrogens is 452 g/mol. The van der Waals surface area contributed by atoms with E-state index in [4.69, 9.17) is 11.6 Å². The maximum atomic E-state index is 13.0. The van der Waals surface area contributed by atoms with E-state index in [1.165, 1.54) is 27.5 Å². The molecule has 2 heterocycles. The summed E-state index contributed by atoms with van der Waals surface area (Å²) in [6.45, 7) is 0.958. The van der Waals surface area contributed by atoms with Crippen LogP contribution < -0.4 is 10.3 Å². The highest BCUT2D eigenvalue weighted by Gasteiger charge is 2.28. The topological polar surface area (TPSA) is 99.2 Å². The predicted octanol–water partition coefficient (Wildman–Crippen LogP) is 3.64. The van der Waals surface area contributed by atoms with Gasteiger partial charge >= 0.3 is 0 Å². The van der Waals surface area contributed by atoms with Gasteiger partial charge in [-0.1, -0.05) is 36.2 Å². The molecule has 0 radical (unpaired) electrons. The van der Waals surface area contributed by atoms with E-state index in [0.717, 1.165) is 19.3 Å². The zero-order chi connectivity index (χ0) is 22.7. The lowest BCUT2D eigenvalue weighted by Crippen LogP contribution is -2.36. The van der Waals surface area contributed by atoms with Gasteiger partial charge in [-0.2, -0.15) is 9.41 Å². The van der Waals surface area contributed by atoms with Crippen LogP contribution in [0.4, 0.5) is 11.4 Å². The Labute approximate surface area is 191 Å². The van der Waals surface area contributed by atoms with Crippen LogP contribution >= 0.6 is 11.6 Å². The average molecular weight is 475 g/mol. The lowest BCUT2D eigenvalue weighted by molar-refractivity contribution is -0.118. The van der Waals surface area contributed by atoms with E-state index in [0.29, 0.717) is 18.8 Å². The molecule has 8 nitrogen and oxygen atoms in total. The number of benzene rings is 2. The van der Waals surface area contributed by atoms with Gasteiger partial charge < -0.3 is 5.32 Å². The third kappa shape index (κ3) is 4.69. The van der Waals surface area contributed by atoms with Crippen molar-refractivity contribution in [1.29, 1.82) is 0 Å². The molecule has 168 valence electrons. The molecule has 2 aromatic carbocycles. The van der Waals surface area contributed by atoms with Crippen LogP contribution in [0.2, 0.25) is 5.02 Å². The van der Waals surface area contributed by atoms with Crippen LogP contribution in [-0.4, -0.2) is 43.3 Å². The van der Waals surface area contributed by atoms with Crippen LogP contribution in [0.25, 0.3) is 0 Å². The molecule has 2 amide bonds. The molecule has 1 fully saturated rings. The summed E-state index contributed by atoms with van der Waals surface area (Å²) >= 11 is 6.24. The monoisotopic (exact) mass is 474 g/mol. The van der Waals surface area contributed by atoms with Gasteiger partial charge in [0, 0.05) is 25.9 Å². The minimum Gasteiger partial charge on any atom is -0.319 e. The minimum absolute atomic E-state index is 0.0748. The number of hydrogen-bond acceptors (Lipinski definition) is 5. The molecule has 0 aromatic heterocycles. The lowest BCUT2D eigenvalue weighted by Gasteiger charge is -2.26. The first-order chi connectivity index (χ1) is 15.4. The van der Waals surface area contributed by atoms with Gasteiger partial charge in [-0.05, 0) is 43.2 Å². The highest BCUT2D eigenvalue weighted by molar-refractivity contribution is 7.89. The van der Waals surface area contributed by atoms with Gasteiger partial charge in [0.2, 0.25) is 15.9 Å². The molecule has 1 N–H and O–H groups in total. The number of sulfonamides is 1. The van der Waals surface area contributed by atoms with Crippen molar-refractivity contribution < 1.29 is 18.0 Å². The summed E-state index contributed by atoms with van der Waals surface area (Å²) in [4.78, 5) is 25.2. The lowest BCUT2D eigenvalue weighted by atomic mass is 10.1. The highest BCUT2D eigenvalue weighted by Crippen LogP contribution is 2.29. The molecule has 2 aliphatic heterocycles. The molecule has 32 heavy (non-hydrogen) atoms. The van der Waals surface area contributed by atoms with Crippen molar-refractivity contribution in [3.05, 3.63) is 53.6 Å². The van der Waals surface area contributed by atoms with Crippen LogP contribution in [-0.2, 0) is 19.6 Å². The van der Waals surface area contributed by atoms with Crippen molar-refractivity contribution in [2.75, 3.05) is 23.4 Å². The third-order valence-electron chi connectivity index (χ3n) is 5.43. The summed E-state index contributed by atoms with van der Waals surface area (Å²) in [5.74, 6) is -0.742. The molecule has 0 aliphatic carbocycles. The standard InChI is InChI=1S/C22H23ClN4O4S/c23-18-10-9-17(32(30,31)26-13-5-2-6-14-26)15-20(18)24-22(29)19-11-12-21(28)27(25-19)16-7-3-1-4-8-16/h1,3-4,7-10,15H,2,5-6,11-14H2,(H,24,29). The van der Waals surface area contributed by atoms with Gasteiger partial charge in [-0.15, -0.1) is 0 Å². The number of halogens is 1. The summed E-state index contributed by atoms with van der Waals surface area (Å²) < 4.78 is 27.4. The maximum absolute atomic E-state index is 13.0. The van der Waals surface area contributed by atoms with Crippen molar-refractivity contribution >= 4 is 50.5 Å². The molecule has 0 atom stereocenters. The van der Waals surface area contributed by atoms with E-state index in [2.05, 4.69) is 10.4 Å². The van der Waals surface area contributed by atoms with E-state index in [1.807, 2.05) is 6.07 Å². The predicted molar refractivity (Wildman–Crippen MR) is 123 cm³/mol. The molecule has 0 saturated carbocycles. The van der Waals surface area contributed by atoms with E-state index in [9.17, 15) is 18.0 Å². The van der Waals surface area contributed by atoms with Crippen molar-refractivity contribution in [1.82, 2.24) is 4.31 Å². The Morgan fingerprint density at radius 2 is 1.72 bits per heavy atom. The molecule has 4 rings (SSSR count). The molecule has 10 heteroatoms.